The second kappa shape index (κ2) is 7.63. The molecule has 0 saturated carbocycles. The van der Waals surface area contributed by atoms with Crippen molar-refractivity contribution in [1.82, 2.24) is 4.90 Å². The van der Waals surface area contributed by atoms with Gasteiger partial charge in [0.05, 0.1) is 0 Å². The predicted molar refractivity (Wildman–Crippen MR) is 64.1 cm³/mol. The molecule has 0 aliphatic carbocycles. The van der Waals surface area contributed by atoms with Crippen LogP contribution in [0.1, 0.15) is 38.5 Å². The number of carbonyl (C=O) groups excluding carboxylic acids is 1. The molecule has 1 atom stereocenters. The number of ether oxygens (including phenoxy) is 1. The van der Waals surface area contributed by atoms with E-state index in [2.05, 4.69) is 0 Å². The molecular weight excluding hydrogens is 204 g/mol. The van der Waals surface area contributed by atoms with E-state index in [9.17, 15) is 4.79 Å². The van der Waals surface area contributed by atoms with Gasteiger partial charge in [0.1, 0.15) is 6.10 Å². The highest BCUT2D eigenvalue weighted by Crippen LogP contribution is 2.14. The summed E-state index contributed by atoms with van der Waals surface area (Å²) < 4.78 is 5.48. The molecule has 4 nitrogen and oxygen atoms in total. The van der Waals surface area contributed by atoms with E-state index in [4.69, 9.17) is 10.5 Å². The van der Waals surface area contributed by atoms with Crippen LogP contribution >= 0.6 is 0 Å². The van der Waals surface area contributed by atoms with Crippen molar-refractivity contribution in [1.29, 1.82) is 0 Å². The first kappa shape index (κ1) is 13.5. The van der Waals surface area contributed by atoms with Crippen LogP contribution < -0.4 is 5.73 Å². The number of nitrogens with two attached hydrogens (primary N) is 1. The highest BCUT2D eigenvalue weighted by molar-refractivity contribution is 5.80. The van der Waals surface area contributed by atoms with E-state index >= 15 is 0 Å². The lowest BCUT2D eigenvalue weighted by Gasteiger charge is -2.26. The third-order valence-corrected chi connectivity index (χ3v) is 3.03. The standard InChI is InChI=1S/C12H24N2O2/c1-14(9-5-2-4-8-13)12(15)11-7-3-6-10-16-11/h11H,2-10,13H2,1H3. The highest BCUT2D eigenvalue weighted by Gasteiger charge is 2.24. The fraction of sp³-hybridized carbons (Fsp3) is 0.917. The number of unbranched alkanes of at least 4 members (excludes halogenated alkanes) is 2. The minimum atomic E-state index is -0.187. The average molecular weight is 228 g/mol. The van der Waals surface area contributed by atoms with Crippen LogP contribution in [0.4, 0.5) is 0 Å². The Bertz CT molecular complexity index is 203. The summed E-state index contributed by atoms with van der Waals surface area (Å²) in [6.45, 7) is 2.29. The van der Waals surface area contributed by atoms with Crippen molar-refractivity contribution in [3.8, 4) is 0 Å². The minimum absolute atomic E-state index is 0.146. The van der Waals surface area contributed by atoms with Gasteiger partial charge in [-0.25, -0.2) is 0 Å². The molecule has 1 unspecified atom stereocenters. The van der Waals surface area contributed by atoms with Crippen LogP contribution in [-0.2, 0) is 9.53 Å². The fourth-order valence-electron chi connectivity index (χ4n) is 1.96. The molecule has 1 aliphatic heterocycles. The quantitative estimate of drug-likeness (QED) is 0.694. The van der Waals surface area contributed by atoms with Gasteiger partial charge in [-0.2, -0.15) is 0 Å². The SMILES string of the molecule is CN(CCCCCN)C(=O)C1CCCCO1. The summed E-state index contributed by atoms with van der Waals surface area (Å²) in [4.78, 5) is 13.7. The molecule has 1 heterocycles. The van der Waals surface area contributed by atoms with Gasteiger partial charge in [0.2, 0.25) is 0 Å². The molecule has 1 amide bonds. The third kappa shape index (κ3) is 4.49. The normalized spacial score (nSPS) is 20.8. The van der Waals surface area contributed by atoms with E-state index in [1.807, 2.05) is 7.05 Å². The maximum absolute atomic E-state index is 11.9. The predicted octanol–water partition coefficient (Wildman–Crippen LogP) is 1.14. The number of hydrogen-bond acceptors (Lipinski definition) is 3. The second-order valence-corrected chi connectivity index (χ2v) is 4.46. The van der Waals surface area contributed by atoms with Crippen LogP contribution in [0.2, 0.25) is 0 Å². The maximum atomic E-state index is 11.9. The topological polar surface area (TPSA) is 55.6 Å². The van der Waals surface area contributed by atoms with Crippen LogP contribution in [0.15, 0.2) is 0 Å². The monoisotopic (exact) mass is 228 g/mol. The van der Waals surface area contributed by atoms with Crippen LogP contribution in [0.3, 0.4) is 0 Å². The first-order valence-electron chi connectivity index (χ1n) is 6.32. The van der Waals surface area contributed by atoms with E-state index in [0.717, 1.165) is 58.2 Å². The number of amides is 1. The van der Waals surface area contributed by atoms with Crippen molar-refractivity contribution in [3.63, 3.8) is 0 Å². The lowest BCUT2D eigenvalue weighted by Crippen LogP contribution is -2.40. The number of hydrogen-bond donors (Lipinski definition) is 1. The smallest absolute Gasteiger partial charge is 0.251 e. The van der Waals surface area contributed by atoms with Crippen molar-refractivity contribution >= 4 is 5.91 Å². The summed E-state index contributed by atoms with van der Waals surface area (Å²) in [6, 6.07) is 0. The van der Waals surface area contributed by atoms with Gasteiger partial charge in [-0.3, -0.25) is 4.79 Å². The number of nitrogens with zero attached hydrogens (tertiary/aromatic N) is 1. The Labute approximate surface area is 98.1 Å². The Kier molecular flexibility index (Phi) is 6.42. The van der Waals surface area contributed by atoms with Gasteiger partial charge in [-0.15, -0.1) is 0 Å². The van der Waals surface area contributed by atoms with Gasteiger partial charge < -0.3 is 15.4 Å². The first-order chi connectivity index (χ1) is 7.75. The largest absolute Gasteiger partial charge is 0.368 e. The van der Waals surface area contributed by atoms with Gasteiger partial charge in [0.25, 0.3) is 5.91 Å². The van der Waals surface area contributed by atoms with Gasteiger partial charge >= 0.3 is 0 Å². The van der Waals surface area contributed by atoms with Crippen LogP contribution in [0, 0.1) is 0 Å². The van der Waals surface area contributed by atoms with E-state index in [1.165, 1.54) is 0 Å². The van der Waals surface area contributed by atoms with Crippen LogP contribution in [0.5, 0.6) is 0 Å². The zero-order chi connectivity index (χ0) is 11.8. The van der Waals surface area contributed by atoms with Gasteiger partial charge in [0, 0.05) is 20.2 Å². The van der Waals surface area contributed by atoms with E-state index < -0.39 is 0 Å². The lowest BCUT2D eigenvalue weighted by molar-refractivity contribution is -0.145. The molecule has 0 aromatic heterocycles. The molecule has 0 bridgehead atoms. The molecule has 0 aromatic rings. The van der Waals surface area contributed by atoms with Crippen LogP contribution in [-0.4, -0.2) is 43.7 Å². The third-order valence-electron chi connectivity index (χ3n) is 3.03. The molecule has 1 aliphatic rings. The number of carbonyl (C=O) groups is 1. The second-order valence-electron chi connectivity index (χ2n) is 4.46. The van der Waals surface area contributed by atoms with E-state index in [1.54, 1.807) is 4.90 Å². The van der Waals surface area contributed by atoms with Gasteiger partial charge in [-0.1, -0.05) is 6.42 Å². The molecule has 1 fully saturated rings. The molecule has 94 valence electrons. The lowest BCUT2D eigenvalue weighted by atomic mass is 10.1. The number of likely N-dealkylation sites (N-methyl/N-ethyl adjacent to an activating group) is 1. The van der Waals surface area contributed by atoms with Gasteiger partial charge in [0.15, 0.2) is 0 Å². The zero-order valence-corrected chi connectivity index (χ0v) is 10.3. The summed E-state index contributed by atoms with van der Waals surface area (Å²) in [7, 11) is 1.86. The summed E-state index contributed by atoms with van der Waals surface area (Å²) >= 11 is 0. The van der Waals surface area contributed by atoms with E-state index in [0.29, 0.717) is 0 Å². The highest BCUT2D eigenvalue weighted by atomic mass is 16.5. The number of rotatable bonds is 6. The molecular formula is C12H24N2O2. The molecule has 0 radical (unpaired) electrons. The molecule has 0 spiro atoms. The van der Waals surface area contributed by atoms with Crippen LogP contribution in [0.25, 0.3) is 0 Å². The Morgan fingerprint density at radius 1 is 1.38 bits per heavy atom. The van der Waals surface area contributed by atoms with Crippen molar-refractivity contribution in [2.45, 2.75) is 44.6 Å². The molecule has 4 heteroatoms. The summed E-state index contributed by atoms with van der Waals surface area (Å²) in [5.41, 5.74) is 5.42. The molecule has 1 saturated heterocycles. The Hall–Kier alpha value is -0.610. The maximum Gasteiger partial charge on any atom is 0.251 e. The van der Waals surface area contributed by atoms with Crippen molar-refractivity contribution < 1.29 is 9.53 Å². The molecule has 2 N–H and O–H groups in total. The zero-order valence-electron chi connectivity index (χ0n) is 10.3. The van der Waals surface area contributed by atoms with Crippen molar-refractivity contribution in [2.75, 3.05) is 26.7 Å². The molecule has 0 aromatic carbocycles. The Morgan fingerprint density at radius 2 is 2.19 bits per heavy atom. The first-order valence-corrected chi connectivity index (χ1v) is 6.32. The minimum Gasteiger partial charge on any atom is -0.368 e. The summed E-state index contributed by atoms with van der Waals surface area (Å²) in [5, 5.41) is 0. The average Bonchev–Trinajstić information content (AvgIpc) is 2.34. The van der Waals surface area contributed by atoms with E-state index in [-0.39, 0.29) is 12.0 Å². The summed E-state index contributed by atoms with van der Waals surface area (Å²) in [6.07, 6.45) is 6.06. The van der Waals surface area contributed by atoms with Crippen molar-refractivity contribution in [3.05, 3.63) is 0 Å². The van der Waals surface area contributed by atoms with Gasteiger partial charge in [-0.05, 0) is 38.6 Å². The summed E-state index contributed by atoms with van der Waals surface area (Å²) in [5.74, 6) is 0.146. The fourth-order valence-corrected chi connectivity index (χ4v) is 1.96. The Balaban J connectivity index is 2.18. The Morgan fingerprint density at radius 3 is 2.81 bits per heavy atom. The van der Waals surface area contributed by atoms with Crippen molar-refractivity contribution in [2.24, 2.45) is 5.73 Å². The molecule has 16 heavy (non-hydrogen) atoms. The molecule has 1 rings (SSSR count).